The van der Waals surface area contributed by atoms with Gasteiger partial charge < -0.3 is 15.4 Å². The van der Waals surface area contributed by atoms with Crippen molar-refractivity contribution in [2.45, 2.75) is 24.6 Å². The molecule has 0 aliphatic carbocycles. The molecule has 1 aromatic rings. The molecule has 1 saturated heterocycles. The summed E-state index contributed by atoms with van der Waals surface area (Å²) in [5.74, 6) is 0. The molecule has 1 aliphatic heterocycles. The zero-order valence-corrected chi connectivity index (χ0v) is 9.39. The van der Waals surface area contributed by atoms with Crippen LogP contribution in [-0.2, 0) is 5.41 Å². The summed E-state index contributed by atoms with van der Waals surface area (Å²) < 4.78 is 0. The van der Waals surface area contributed by atoms with E-state index in [1.54, 1.807) is 0 Å². The van der Waals surface area contributed by atoms with E-state index in [9.17, 15) is 10.0 Å². The molecule has 0 radical (unpaired) electrons. The molecular weight excluding hydrogens is 201 g/mol. The molecule has 4 heteroatoms. The molecule has 2 rings (SSSR count). The molecule has 0 aromatic heterocycles. The van der Waals surface area contributed by atoms with Gasteiger partial charge in [0.1, 0.15) is 0 Å². The van der Waals surface area contributed by atoms with Gasteiger partial charge in [-0.1, -0.05) is 30.3 Å². The summed E-state index contributed by atoms with van der Waals surface area (Å²) in [6, 6.07) is 10.2. The van der Waals surface area contributed by atoms with Crippen LogP contribution in [0.25, 0.3) is 0 Å². The SMILES string of the molecule is OB(O)CC1(c2ccccc2)CCNCC1. The number of benzene rings is 1. The third kappa shape index (κ3) is 2.46. The fraction of sp³-hybridized carbons (Fsp3) is 0.500. The summed E-state index contributed by atoms with van der Waals surface area (Å²) in [6.07, 6.45) is 2.36. The molecule has 3 N–H and O–H groups in total. The van der Waals surface area contributed by atoms with Crippen LogP contribution in [-0.4, -0.2) is 30.3 Å². The minimum Gasteiger partial charge on any atom is -0.427 e. The molecule has 1 heterocycles. The van der Waals surface area contributed by atoms with Gasteiger partial charge in [-0.2, -0.15) is 0 Å². The first-order valence-electron chi connectivity index (χ1n) is 5.85. The van der Waals surface area contributed by atoms with Crippen LogP contribution in [0.5, 0.6) is 0 Å². The van der Waals surface area contributed by atoms with Gasteiger partial charge in [0.25, 0.3) is 0 Å². The summed E-state index contributed by atoms with van der Waals surface area (Å²) >= 11 is 0. The lowest BCUT2D eigenvalue weighted by atomic mass is 9.61. The fourth-order valence-electron chi connectivity index (χ4n) is 2.66. The van der Waals surface area contributed by atoms with Crippen LogP contribution in [0.3, 0.4) is 0 Å². The van der Waals surface area contributed by atoms with Crippen molar-refractivity contribution in [1.82, 2.24) is 5.32 Å². The highest BCUT2D eigenvalue weighted by atomic mass is 16.4. The van der Waals surface area contributed by atoms with E-state index in [1.165, 1.54) is 5.56 Å². The Hall–Kier alpha value is -0.835. The molecule has 0 bridgehead atoms. The van der Waals surface area contributed by atoms with Crippen molar-refractivity contribution in [2.75, 3.05) is 13.1 Å². The first-order chi connectivity index (χ1) is 7.73. The van der Waals surface area contributed by atoms with Crippen molar-refractivity contribution < 1.29 is 10.0 Å². The highest BCUT2D eigenvalue weighted by Crippen LogP contribution is 2.37. The van der Waals surface area contributed by atoms with Crippen molar-refractivity contribution in [3.05, 3.63) is 35.9 Å². The van der Waals surface area contributed by atoms with Gasteiger partial charge in [-0.25, -0.2) is 0 Å². The molecule has 16 heavy (non-hydrogen) atoms. The smallest absolute Gasteiger partial charge is 0.427 e. The van der Waals surface area contributed by atoms with Gasteiger partial charge >= 0.3 is 7.12 Å². The van der Waals surface area contributed by atoms with E-state index < -0.39 is 7.12 Å². The molecule has 1 aliphatic rings. The minimum absolute atomic E-state index is 0.0688. The lowest BCUT2D eigenvalue weighted by Gasteiger charge is -2.38. The summed E-state index contributed by atoms with van der Waals surface area (Å²) in [5.41, 5.74) is 1.16. The van der Waals surface area contributed by atoms with Crippen LogP contribution in [0, 0.1) is 0 Å². The van der Waals surface area contributed by atoms with E-state index in [0.29, 0.717) is 6.32 Å². The summed E-state index contributed by atoms with van der Waals surface area (Å²) in [5, 5.41) is 21.9. The van der Waals surface area contributed by atoms with Crippen LogP contribution < -0.4 is 5.32 Å². The molecule has 3 nitrogen and oxygen atoms in total. The van der Waals surface area contributed by atoms with E-state index in [2.05, 4.69) is 17.4 Å². The van der Waals surface area contributed by atoms with Crippen molar-refractivity contribution in [2.24, 2.45) is 0 Å². The number of hydrogen-bond acceptors (Lipinski definition) is 3. The summed E-state index contributed by atoms with van der Waals surface area (Å²) in [6.45, 7) is 1.89. The standard InChI is InChI=1S/C12H18BNO2/c15-13(16)10-12(6-8-14-9-7-12)11-4-2-1-3-5-11/h1-5,14-16H,6-10H2. The minimum atomic E-state index is -1.22. The van der Waals surface area contributed by atoms with E-state index in [1.807, 2.05) is 18.2 Å². The van der Waals surface area contributed by atoms with Crippen LogP contribution >= 0.6 is 0 Å². The molecule has 86 valence electrons. The Kier molecular flexibility index (Phi) is 3.64. The monoisotopic (exact) mass is 219 g/mol. The first-order valence-corrected chi connectivity index (χ1v) is 5.85. The van der Waals surface area contributed by atoms with Crippen LogP contribution in [0.15, 0.2) is 30.3 Å². The predicted molar refractivity (Wildman–Crippen MR) is 65.2 cm³/mol. The van der Waals surface area contributed by atoms with E-state index >= 15 is 0 Å². The maximum Gasteiger partial charge on any atom is 0.452 e. The predicted octanol–water partition coefficient (Wildman–Crippen LogP) is 0.781. The van der Waals surface area contributed by atoms with Crippen LogP contribution in [0.2, 0.25) is 6.32 Å². The zero-order valence-electron chi connectivity index (χ0n) is 9.39. The molecule has 0 unspecified atom stereocenters. The Balaban J connectivity index is 2.26. The summed E-state index contributed by atoms with van der Waals surface area (Å²) in [4.78, 5) is 0. The van der Waals surface area contributed by atoms with E-state index in [0.717, 1.165) is 25.9 Å². The van der Waals surface area contributed by atoms with Crippen LogP contribution in [0.1, 0.15) is 18.4 Å². The number of piperidine rings is 1. The molecule has 0 saturated carbocycles. The van der Waals surface area contributed by atoms with Crippen molar-refractivity contribution in [1.29, 1.82) is 0 Å². The van der Waals surface area contributed by atoms with Gasteiger partial charge in [-0.3, -0.25) is 0 Å². The Morgan fingerprint density at radius 3 is 2.31 bits per heavy atom. The highest BCUT2D eigenvalue weighted by Gasteiger charge is 2.36. The van der Waals surface area contributed by atoms with Crippen LogP contribution in [0.4, 0.5) is 0 Å². The average molecular weight is 219 g/mol. The Morgan fingerprint density at radius 2 is 1.75 bits per heavy atom. The second kappa shape index (κ2) is 5.00. The fourth-order valence-corrected chi connectivity index (χ4v) is 2.66. The number of rotatable bonds is 3. The largest absolute Gasteiger partial charge is 0.452 e. The van der Waals surface area contributed by atoms with Crippen molar-refractivity contribution >= 4 is 7.12 Å². The average Bonchev–Trinajstić information content (AvgIpc) is 2.30. The number of hydrogen-bond donors (Lipinski definition) is 3. The van der Waals surface area contributed by atoms with Gasteiger partial charge in [-0.05, 0) is 43.2 Å². The molecule has 1 fully saturated rings. The first kappa shape index (κ1) is 11.6. The topological polar surface area (TPSA) is 52.5 Å². The van der Waals surface area contributed by atoms with Gasteiger partial charge in [0.15, 0.2) is 0 Å². The Morgan fingerprint density at radius 1 is 1.12 bits per heavy atom. The van der Waals surface area contributed by atoms with E-state index in [4.69, 9.17) is 0 Å². The lowest BCUT2D eigenvalue weighted by Crippen LogP contribution is -2.42. The van der Waals surface area contributed by atoms with Gasteiger partial charge in [0, 0.05) is 0 Å². The molecular formula is C12H18BNO2. The van der Waals surface area contributed by atoms with Crippen molar-refractivity contribution in [3.8, 4) is 0 Å². The second-order valence-electron chi connectivity index (χ2n) is 4.58. The second-order valence-corrected chi connectivity index (χ2v) is 4.58. The highest BCUT2D eigenvalue weighted by molar-refractivity contribution is 6.41. The van der Waals surface area contributed by atoms with Crippen molar-refractivity contribution in [3.63, 3.8) is 0 Å². The normalized spacial score (nSPS) is 19.4. The maximum atomic E-state index is 9.27. The molecule has 0 amide bonds. The molecule has 0 atom stereocenters. The van der Waals surface area contributed by atoms with Gasteiger partial charge in [0.05, 0.1) is 0 Å². The maximum absolute atomic E-state index is 9.27. The van der Waals surface area contributed by atoms with E-state index in [-0.39, 0.29) is 5.41 Å². The third-order valence-electron chi connectivity index (χ3n) is 3.52. The Bertz CT molecular complexity index is 323. The third-order valence-corrected chi connectivity index (χ3v) is 3.52. The Labute approximate surface area is 96.6 Å². The van der Waals surface area contributed by atoms with Gasteiger partial charge in [0.2, 0.25) is 0 Å². The quantitative estimate of drug-likeness (QED) is 0.658. The van der Waals surface area contributed by atoms with Gasteiger partial charge in [-0.15, -0.1) is 0 Å². The molecule has 1 aromatic carbocycles. The zero-order chi connectivity index (χ0) is 11.4. The number of nitrogens with one attached hydrogen (secondary N) is 1. The lowest BCUT2D eigenvalue weighted by molar-refractivity contribution is 0.301. The summed E-state index contributed by atoms with van der Waals surface area (Å²) in [7, 11) is -1.22. The molecule has 0 spiro atoms.